The molecule has 6 heteroatoms. The molecule has 3 nitrogen and oxygen atoms in total. The minimum Gasteiger partial charge on any atom is -0.486 e. The molecule has 5 rings (SSSR count). The number of hydrogen-bond acceptors (Lipinski definition) is 3. The van der Waals surface area contributed by atoms with Crippen LogP contribution in [0.2, 0.25) is 0 Å². The summed E-state index contributed by atoms with van der Waals surface area (Å²) in [5, 5.41) is 0. The van der Waals surface area contributed by atoms with Crippen molar-refractivity contribution in [2.24, 2.45) is 17.3 Å². The maximum absolute atomic E-state index is 15.9. The van der Waals surface area contributed by atoms with Gasteiger partial charge in [0.25, 0.3) is 0 Å². The molecule has 2 unspecified atom stereocenters. The molecule has 214 valence electrons. The highest BCUT2D eigenvalue weighted by Crippen LogP contribution is 2.65. The zero-order valence-corrected chi connectivity index (χ0v) is 24.5. The van der Waals surface area contributed by atoms with Crippen molar-refractivity contribution < 1.29 is 22.6 Å². The number of hydrogen-bond donors (Lipinski definition) is 0. The molecule has 1 heterocycles. The van der Waals surface area contributed by atoms with Crippen LogP contribution < -0.4 is 9.47 Å². The smallest absolute Gasteiger partial charge is 0.213 e. The lowest BCUT2D eigenvalue weighted by Crippen LogP contribution is -2.22. The fraction of sp³-hybridized carbons (Fsp3) is 0.500. The minimum absolute atomic E-state index is 0.0936. The van der Waals surface area contributed by atoms with E-state index in [0.717, 1.165) is 55.0 Å². The van der Waals surface area contributed by atoms with E-state index in [0.29, 0.717) is 29.4 Å². The number of benzene rings is 2. The van der Waals surface area contributed by atoms with E-state index in [1.54, 1.807) is 12.1 Å². The van der Waals surface area contributed by atoms with Gasteiger partial charge in [-0.05, 0) is 84.2 Å². The number of methoxy groups -OCH3 is 1. The molecule has 0 radical (unpaired) electrons. The van der Waals surface area contributed by atoms with Gasteiger partial charge in [-0.25, -0.2) is 18.2 Å². The van der Waals surface area contributed by atoms with E-state index in [1.165, 1.54) is 19.2 Å². The summed E-state index contributed by atoms with van der Waals surface area (Å²) in [6.07, 6.45) is 6.59. The van der Waals surface area contributed by atoms with Crippen LogP contribution in [0.3, 0.4) is 0 Å². The van der Waals surface area contributed by atoms with Gasteiger partial charge in [0.1, 0.15) is 18.2 Å². The van der Waals surface area contributed by atoms with Crippen molar-refractivity contribution in [1.82, 2.24) is 4.98 Å². The maximum Gasteiger partial charge on any atom is 0.213 e. The molecule has 0 amide bonds. The highest BCUT2D eigenvalue weighted by molar-refractivity contribution is 5.69. The fourth-order valence-corrected chi connectivity index (χ4v) is 7.24. The molecule has 0 bridgehead atoms. The van der Waals surface area contributed by atoms with Crippen LogP contribution in [0.15, 0.2) is 36.5 Å². The van der Waals surface area contributed by atoms with E-state index >= 15 is 8.78 Å². The Hall–Kier alpha value is -3.02. The van der Waals surface area contributed by atoms with E-state index in [2.05, 4.69) is 39.6 Å². The van der Waals surface area contributed by atoms with Crippen molar-refractivity contribution in [2.45, 2.75) is 85.2 Å². The Morgan fingerprint density at radius 3 is 2.42 bits per heavy atom. The lowest BCUT2D eigenvalue weighted by atomic mass is 9.77. The molecule has 0 saturated heterocycles. The Morgan fingerprint density at radius 2 is 1.75 bits per heavy atom. The summed E-state index contributed by atoms with van der Waals surface area (Å²) in [5.41, 5.74) is 3.47. The Kier molecular flexibility index (Phi) is 7.66. The Labute approximate surface area is 236 Å². The monoisotopic (exact) mass is 551 g/mol. The molecule has 1 aromatic heterocycles. The number of aryl methyl sites for hydroxylation is 1. The van der Waals surface area contributed by atoms with E-state index in [-0.39, 0.29) is 40.4 Å². The zero-order chi connectivity index (χ0) is 28.8. The normalized spacial score (nSPS) is 21.8. The average Bonchev–Trinajstić information content (AvgIpc) is 3.42. The Bertz CT molecular complexity index is 1410. The summed E-state index contributed by atoms with van der Waals surface area (Å²) < 4.78 is 57.7. The van der Waals surface area contributed by atoms with Crippen molar-refractivity contribution in [1.29, 1.82) is 0 Å². The minimum atomic E-state index is -0.549. The lowest BCUT2D eigenvalue weighted by Gasteiger charge is -2.28. The molecule has 1 spiro atoms. The first-order valence-electron chi connectivity index (χ1n) is 14.5. The average molecular weight is 552 g/mol. The number of pyridine rings is 1. The molecule has 2 aliphatic carbocycles. The van der Waals surface area contributed by atoms with Gasteiger partial charge in [-0.1, -0.05) is 47.1 Å². The molecule has 1 saturated carbocycles. The summed E-state index contributed by atoms with van der Waals surface area (Å²) in [6, 6.07) is 8.26. The van der Waals surface area contributed by atoms with Crippen molar-refractivity contribution >= 4 is 0 Å². The standard InChI is InChI=1S/C34H40F3NO2/c1-7-12-33(4,5)17-23-14-24(27(35)15-25(23)26-16-30(39-6)38-18-28(26)36)19-40-29-11-10-22-9-8-13-34(20(2)21(34)3)31(22)32(29)37/h10-11,14-16,18,20-21H,7-9,12-13,17,19H2,1-6H3. The van der Waals surface area contributed by atoms with Crippen LogP contribution >= 0.6 is 0 Å². The largest absolute Gasteiger partial charge is 0.486 e. The van der Waals surface area contributed by atoms with Crippen LogP contribution in [-0.2, 0) is 24.9 Å². The number of fused-ring (bicyclic) bond motifs is 2. The predicted octanol–water partition coefficient (Wildman–Crippen LogP) is 8.98. The Balaban J connectivity index is 1.50. The fourth-order valence-electron chi connectivity index (χ4n) is 7.24. The second-order valence-corrected chi connectivity index (χ2v) is 12.6. The number of ether oxygens (including phenoxy) is 2. The van der Waals surface area contributed by atoms with Gasteiger partial charge < -0.3 is 9.47 Å². The van der Waals surface area contributed by atoms with Gasteiger partial charge in [-0.15, -0.1) is 0 Å². The second kappa shape index (κ2) is 10.8. The third-order valence-electron chi connectivity index (χ3n) is 9.54. The highest BCUT2D eigenvalue weighted by Gasteiger charge is 2.62. The maximum atomic E-state index is 15.9. The Morgan fingerprint density at radius 1 is 1.00 bits per heavy atom. The first-order chi connectivity index (χ1) is 19.0. The van der Waals surface area contributed by atoms with Crippen molar-refractivity contribution in [3.63, 3.8) is 0 Å². The van der Waals surface area contributed by atoms with Crippen molar-refractivity contribution in [3.05, 3.63) is 76.2 Å². The number of aromatic nitrogens is 1. The lowest BCUT2D eigenvalue weighted by molar-refractivity contribution is 0.280. The van der Waals surface area contributed by atoms with E-state index < -0.39 is 11.6 Å². The van der Waals surface area contributed by atoms with Gasteiger partial charge in [0.05, 0.1) is 13.3 Å². The molecular formula is C34H40F3NO2. The molecule has 40 heavy (non-hydrogen) atoms. The van der Waals surface area contributed by atoms with Crippen LogP contribution in [-0.4, -0.2) is 12.1 Å². The third-order valence-corrected chi connectivity index (χ3v) is 9.54. The quantitative estimate of drug-likeness (QED) is 0.266. The summed E-state index contributed by atoms with van der Waals surface area (Å²) in [4.78, 5) is 3.94. The SMILES string of the molecule is CCCC(C)(C)Cc1cc(COc2ccc3c(c2F)C2(CCC3)C(C)C2C)c(F)cc1-c1cc(OC)ncc1F. The molecule has 0 aliphatic heterocycles. The summed E-state index contributed by atoms with van der Waals surface area (Å²) in [5.74, 6) is -0.102. The van der Waals surface area contributed by atoms with Crippen LogP contribution in [0.1, 0.15) is 82.6 Å². The summed E-state index contributed by atoms with van der Waals surface area (Å²) in [7, 11) is 1.46. The van der Waals surface area contributed by atoms with Gasteiger partial charge in [0, 0.05) is 28.2 Å². The van der Waals surface area contributed by atoms with Gasteiger partial charge in [-0.2, -0.15) is 0 Å². The zero-order valence-electron chi connectivity index (χ0n) is 24.5. The van der Waals surface area contributed by atoms with Gasteiger partial charge in [0.2, 0.25) is 5.88 Å². The second-order valence-electron chi connectivity index (χ2n) is 12.6. The van der Waals surface area contributed by atoms with Crippen molar-refractivity contribution in [2.75, 3.05) is 7.11 Å². The van der Waals surface area contributed by atoms with E-state index in [1.807, 2.05) is 6.07 Å². The molecular weight excluding hydrogens is 511 g/mol. The molecule has 1 fully saturated rings. The van der Waals surface area contributed by atoms with Gasteiger partial charge in [0.15, 0.2) is 11.6 Å². The third kappa shape index (κ3) is 4.99. The molecule has 3 aromatic rings. The van der Waals surface area contributed by atoms with Crippen LogP contribution in [0.4, 0.5) is 13.2 Å². The highest BCUT2D eigenvalue weighted by atomic mass is 19.1. The van der Waals surface area contributed by atoms with E-state index in [4.69, 9.17) is 9.47 Å². The van der Waals surface area contributed by atoms with Crippen LogP contribution in [0.5, 0.6) is 11.6 Å². The van der Waals surface area contributed by atoms with Crippen LogP contribution in [0.25, 0.3) is 11.1 Å². The first-order valence-corrected chi connectivity index (χ1v) is 14.5. The van der Waals surface area contributed by atoms with E-state index in [9.17, 15) is 4.39 Å². The molecule has 2 aliphatic rings. The van der Waals surface area contributed by atoms with Crippen molar-refractivity contribution in [3.8, 4) is 22.8 Å². The predicted molar refractivity (Wildman–Crippen MR) is 152 cm³/mol. The summed E-state index contributed by atoms with van der Waals surface area (Å²) >= 11 is 0. The van der Waals surface area contributed by atoms with Gasteiger partial charge in [-0.3, -0.25) is 0 Å². The number of nitrogens with zero attached hydrogens (tertiary/aromatic N) is 1. The molecule has 2 aromatic carbocycles. The molecule has 2 atom stereocenters. The van der Waals surface area contributed by atoms with Crippen LogP contribution in [0, 0.1) is 34.7 Å². The number of halogens is 3. The van der Waals surface area contributed by atoms with Gasteiger partial charge >= 0.3 is 0 Å². The topological polar surface area (TPSA) is 31.4 Å². The summed E-state index contributed by atoms with van der Waals surface area (Å²) in [6.45, 7) is 10.7. The first kappa shape index (κ1) is 28.5. The number of rotatable bonds is 9. The molecule has 0 N–H and O–H groups in total.